The lowest BCUT2D eigenvalue weighted by molar-refractivity contribution is 0.0946. The zero-order valence-electron chi connectivity index (χ0n) is 10.4. The summed E-state index contributed by atoms with van der Waals surface area (Å²) in [6.07, 6.45) is 4.11. The molecule has 17 heavy (non-hydrogen) atoms. The Labute approximate surface area is 102 Å². The van der Waals surface area contributed by atoms with Crippen LogP contribution in [0.5, 0.6) is 0 Å². The molecule has 0 unspecified atom stereocenters. The molecule has 0 radical (unpaired) electrons. The minimum absolute atomic E-state index is 0.0397. The van der Waals surface area contributed by atoms with Crippen LogP contribution < -0.4 is 10.6 Å². The van der Waals surface area contributed by atoms with Crippen molar-refractivity contribution < 1.29 is 4.79 Å². The van der Waals surface area contributed by atoms with Crippen molar-refractivity contribution in [2.45, 2.75) is 26.7 Å². The molecule has 0 atom stereocenters. The first-order valence-electron chi connectivity index (χ1n) is 6.12. The molecule has 1 aliphatic rings. The molecule has 0 saturated heterocycles. The maximum Gasteiger partial charge on any atom is 0.255 e. The number of nitrogens with zero attached hydrogens (tertiary/aromatic N) is 1. The van der Waals surface area contributed by atoms with Gasteiger partial charge >= 0.3 is 0 Å². The number of hydrogen-bond acceptors (Lipinski definition) is 3. The van der Waals surface area contributed by atoms with Gasteiger partial charge in [-0.2, -0.15) is 0 Å². The summed E-state index contributed by atoms with van der Waals surface area (Å²) in [4.78, 5) is 16.2. The second-order valence-electron chi connectivity index (χ2n) is 4.92. The number of anilines is 1. The van der Waals surface area contributed by atoms with E-state index in [2.05, 4.69) is 22.5 Å². The molecular formula is C13H19N3O. The topological polar surface area (TPSA) is 54.0 Å². The lowest BCUT2D eigenvalue weighted by Crippen LogP contribution is -2.29. The molecule has 1 aliphatic carbocycles. The van der Waals surface area contributed by atoms with Crippen LogP contribution in [-0.4, -0.2) is 24.0 Å². The number of nitrogens with one attached hydrogen (secondary N) is 2. The van der Waals surface area contributed by atoms with Gasteiger partial charge in [-0.1, -0.05) is 6.92 Å². The molecule has 2 N–H and O–H groups in total. The van der Waals surface area contributed by atoms with Gasteiger partial charge in [0, 0.05) is 19.3 Å². The molecule has 1 fully saturated rings. The van der Waals surface area contributed by atoms with Crippen LogP contribution in [0.4, 0.5) is 5.82 Å². The fourth-order valence-corrected chi connectivity index (χ4v) is 1.68. The van der Waals surface area contributed by atoms with Crippen LogP contribution in [0, 0.1) is 5.41 Å². The SMILES string of the molecule is CCNc1ncccc1C(=O)NCC1(C)CC1. The highest BCUT2D eigenvalue weighted by atomic mass is 16.1. The number of carbonyl (C=O) groups excluding carboxylic acids is 1. The van der Waals surface area contributed by atoms with E-state index in [4.69, 9.17) is 0 Å². The average Bonchev–Trinajstić information content (AvgIpc) is 3.06. The molecule has 1 aromatic rings. The summed E-state index contributed by atoms with van der Waals surface area (Å²) in [5.41, 5.74) is 0.953. The minimum atomic E-state index is -0.0397. The molecular weight excluding hydrogens is 214 g/mol. The molecule has 1 heterocycles. The van der Waals surface area contributed by atoms with Crippen molar-refractivity contribution >= 4 is 11.7 Å². The van der Waals surface area contributed by atoms with Crippen LogP contribution in [0.2, 0.25) is 0 Å². The Kier molecular flexibility index (Phi) is 3.31. The van der Waals surface area contributed by atoms with Crippen LogP contribution in [0.25, 0.3) is 0 Å². The molecule has 0 aromatic carbocycles. The predicted molar refractivity (Wildman–Crippen MR) is 68.1 cm³/mol. The smallest absolute Gasteiger partial charge is 0.255 e. The third-order valence-electron chi connectivity index (χ3n) is 3.18. The van der Waals surface area contributed by atoms with E-state index in [1.807, 2.05) is 6.92 Å². The van der Waals surface area contributed by atoms with Gasteiger partial charge in [0.2, 0.25) is 0 Å². The van der Waals surface area contributed by atoms with E-state index in [1.54, 1.807) is 18.3 Å². The lowest BCUT2D eigenvalue weighted by atomic mass is 10.1. The highest BCUT2D eigenvalue weighted by Crippen LogP contribution is 2.44. The van der Waals surface area contributed by atoms with Crippen molar-refractivity contribution in [3.8, 4) is 0 Å². The summed E-state index contributed by atoms with van der Waals surface area (Å²) in [6, 6.07) is 3.59. The molecule has 92 valence electrons. The zero-order chi connectivity index (χ0) is 12.3. The Morgan fingerprint density at radius 1 is 1.53 bits per heavy atom. The van der Waals surface area contributed by atoms with Crippen LogP contribution in [-0.2, 0) is 0 Å². The van der Waals surface area contributed by atoms with Crippen LogP contribution >= 0.6 is 0 Å². The molecule has 0 spiro atoms. The molecule has 1 saturated carbocycles. The van der Waals surface area contributed by atoms with Gasteiger partial charge in [-0.05, 0) is 37.3 Å². The second-order valence-corrected chi connectivity index (χ2v) is 4.92. The highest BCUT2D eigenvalue weighted by Gasteiger charge is 2.37. The third kappa shape index (κ3) is 2.96. The molecule has 2 rings (SSSR count). The van der Waals surface area contributed by atoms with Gasteiger partial charge in [-0.3, -0.25) is 4.79 Å². The number of carbonyl (C=O) groups is 1. The first-order valence-corrected chi connectivity index (χ1v) is 6.12. The van der Waals surface area contributed by atoms with E-state index in [9.17, 15) is 4.79 Å². The molecule has 1 aromatic heterocycles. The van der Waals surface area contributed by atoms with Crippen molar-refractivity contribution in [2.24, 2.45) is 5.41 Å². The molecule has 4 heteroatoms. The summed E-state index contributed by atoms with van der Waals surface area (Å²) in [7, 11) is 0. The van der Waals surface area contributed by atoms with E-state index in [0.717, 1.165) is 13.1 Å². The average molecular weight is 233 g/mol. The monoisotopic (exact) mass is 233 g/mol. The van der Waals surface area contributed by atoms with Gasteiger partial charge < -0.3 is 10.6 Å². The van der Waals surface area contributed by atoms with Gasteiger partial charge in [0.05, 0.1) is 5.56 Å². The van der Waals surface area contributed by atoms with Crippen molar-refractivity contribution in [3.05, 3.63) is 23.9 Å². The summed E-state index contributed by atoms with van der Waals surface area (Å²) in [5, 5.41) is 6.08. The maximum absolute atomic E-state index is 12.0. The predicted octanol–water partition coefficient (Wildman–Crippen LogP) is 2.04. The largest absolute Gasteiger partial charge is 0.370 e. The summed E-state index contributed by atoms with van der Waals surface area (Å²) < 4.78 is 0. The quantitative estimate of drug-likeness (QED) is 0.818. The van der Waals surface area contributed by atoms with E-state index in [1.165, 1.54) is 12.8 Å². The number of pyridine rings is 1. The Morgan fingerprint density at radius 2 is 2.29 bits per heavy atom. The Hall–Kier alpha value is -1.58. The van der Waals surface area contributed by atoms with Gasteiger partial charge in [-0.25, -0.2) is 4.98 Å². The summed E-state index contributed by atoms with van der Waals surface area (Å²) in [6.45, 7) is 5.70. The van der Waals surface area contributed by atoms with Gasteiger partial charge in [0.25, 0.3) is 5.91 Å². The van der Waals surface area contributed by atoms with Crippen LogP contribution in [0.15, 0.2) is 18.3 Å². The second kappa shape index (κ2) is 4.73. The first-order chi connectivity index (χ1) is 8.14. The molecule has 0 bridgehead atoms. The molecule has 4 nitrogen and oxygen atoms in total. The molecule has 1 amide bonds. The lowest BCUT2D eigenvalue weighted by Gasteiger charge is -2.12. The Morgan fingerprint density at radius 3 is 2.94 bits per heavy atom. The van der Waals surface area contributed by atoms with E-state index in [-0.39, 0.29) is 5.91 Å². The fraction of sp³-hybridized carbons (Fsp3) is 0.538. The van der Waals surface area contributed by atoms with E-state index in [0.29, 0.717) is 16.8 Å². The van der Waals surface area contributed by atoms with E-state index < -0.39 is 0 Å². The Balaban J connectivity index is 2.02. The number of amides is 1. The summed E-state index contributed by atoms with van der Waals surface area (Å²) in [5.74, 6) is 0.621. The van der Waals surface area contributed by atoms with Crippen LogP contribution in [0.1, 0.15) is 37.0 Å². The van der Waals surface area contributed by atoms with Crippen molar-refractivity contribution in [1.82, 2.24) is 10.3 Å². The number of rotatable bonds is 5. The summed E-state index contributed by atoms with van der Waals surface area (Å²) >= 11 is 0. The molecule has 0 aliphatic heterocycles. The number of hydrogen-bond donors (Lipinski definition) is 2. The maximum atomic E-state index is 12.0. The van der Waals surface area contributed by atoms with Gasteiger partial charge in [0.1, 0.15) is 5.82 Å². The Bertz CT molecular complexity index is 413. The van der Waals surface area contributed by atoms with E-state index >= 15 is 0 Å². The zero-order valence-corrected chi connectivity index (χ0v) is 10.4. The van der Waals surface area contributed by atoms with Gasteiger partial charge in [0.15, 0.2) is 0 Å². The van der Waals surface area contributed by atoms with Crippen molar-refractivity contribution in [1.29, 1.82) is 0 Å². The van der Waals surface area contributed by atoms with Gasteiger partial charge in [-0.15, -0.1) is 0 Å². The highest BCUT2D eigenvalue weighted by molar-refractivity contribution is 5.98. The normalized spacial score (nSPS) is 16.4. The third-order valence-corrected chi connectivity index (χ3v) is 3.18. The standard InChI is InChI=1S/C13H19N3O/c1-3-14-11-10(5-4-8-15-11)12(17)16-9-13(2)6-7-13/h4-5,8H,3,6-7,9H2,1-2H3,(H,14,15)(H,16,17). The fourth-order valence-electron chi connectivity index (χ4n) is 1.68. The van der Waals surface area contributed by atoms with Crippen molar-refractivity contribution in [2.75, 3.05) is 18.4 Å². The minimum Gasteiger partial charge on any atom is -0.370 e. The van der Waals surface area contributed by atoms with Crippen molar-refractivity contribution in [3.63, 3.8) is 0 Å². The first kappa shape index (κ1) is 11.9. The van der Waals surface area contributed by atoms with Crippen LogP contribution in [0.3, 0.4) is 0 Å². The number of aromatic nitrogens is 1.